The van der Waals surface area contributed by atoms with Gasteiger partial charge in [0.2, 0.25) is 5.95 Å². The molecule has 3 rings (SSSR count). The second-order valence-corrected chi connectivity index (χ2v) is 4.57. The molecule has 2 aromatic carbocycles. The first-order chi connectivity index (χ1) is 10.2. The first kappa shape index (κ1) is 13.4. The fourth-order valence-electron chi connectivity index (χ4n) is 2.03. The molecule has 4 nitrogen and oxygen atoms in total. The van der Waals surface area contributed by atoms with Gasteiger partial charge >= 0.3 is 0 Å². The van der Waals surface area contributed by atoms with Gasteiger partial charge in [0, 0.05) is 12.6 Å². The minimum Gasteiger partial charge on any atom is -0.497 e. The van der Waals surface area contributed by atoms with E-state index in [1.54, 1.807) is 7.11 Å². The van der Waals surface area contributed by atoms with Crippen LogP contribution in [0.15, 0.2) is 36.4 Å². The van der Waals surface area contributed by atoms with Crippen LogP contribution < -0.4 is 10.1 Å². The molecule has 1 heterocycles. The molecule has 0 amide bonds. The second kappa shape index (κ2) is 5.40. The molecule has 0 saturated carbocycles. The lowest BCUT2D eigenvalue weighted by molar-refractivity contribution is 0.415. The number of fused-ring (bicyclic) bond motifs is 1. The summed E-state index contributed by atoms with van der Waals surface area (Å²) in [6.45, 7) is 0.341. The molecule has 0 aliphatic carbocycles. The summed E-state index contributed by atoms with van der Waals surface area (Å²) in [5.41, 5.74) is 2.26. The molecular formula is C15H13F2N3O. The van der Waals surface area contributed by atoms with Crippen molar-refractivity contribution in [2.24, 2.45) is 0 Å². The van der Waals surface area contributed by atoms with Crippen molar-refractivity contribution >= 4 is 17.0 Å². The van der Waals surface area contributed by atoms with Crippen LogP contribution in [-0.4, -0.2) is 17.1 Å². The zero-order chi connectivity index (χ0) is 14.8. The molecule has 0 unspecified atom stereocenters. The average molecular weight is 289 g/mol. The number of nitrogens with one attached hydrogen (secondary N) is 2. The largest absolute Gasteiger partial charge is 0.497 e. The van der Waals surface area contributed by atoms with Gasteiger partial charge < -0.3 is 15.0 Å². The van der Waals surface area contributed by atoms with E-state index in [0.29, 0.717) is 18.1 Å². The number of rotatable bonds is 4. The van der Waals surface area contributed by atoms with E-state index in [1.807, 2.05) is 18.2 Å². The van der Waals surface area contributed by atoms with E-state index < -0.39 is 11.6 Å². The van der Waals surface area contributed by atoms with Crippen LogP contribution in [0.2, 0.25) is 0 Å². The van der Waals surface area contributed by atoms with Crippen LogP contribution in [-0.2, 0) is 6.54 Å². The van der Waals surface area contributed by atoms with Crippen molar-refractivity contribution in [3.63, 3.8) is 0 Å². The van der Waals surface area contributed by atoms with Crippen LogP contribution >= 0.6 is 0 Å². The summed E-state index contributed by atoms with van der Waals surface area (Å²) in [4.78, 5) is 7.45. The highest BCUT2D eigenvalue weighted by Gasteiger charge is 2.05. The SMILES string of the molecule is COc1ccc2nc(NCc3ccc(F)c(F)c3)[nH]c2c1. The third kappa shape index (κ3) is 2.79. The van der Waals surface area contributed by atoms with Gasteiger partial charge in [0.05, 0.1) is 18.1 Å². The highest BCUT2D eigenvalue weighted by molar-refractivity contribution is 5.79. The molecule has 0 radical (unpaired) electrons. The van der Waals surface area contributed by atoms with Crippen molar-refractivity contribution in [2.75, 3.05) is 12.4 Å². The Morgan fingerprint density at radius 1 is 1.14 bits per heavy atom. The van der Waals surface area contributed by atoms with Gasteiger partial charge in [-0.15, -0.1) is 0 Å². The molecule has 1 aromatic heterocycles. The fourth-order valence-corrected chi connectivity index (χ4v) is 2.03. The van der Waals surface area contributed by atoms with Crippen LogP contribution in [0.3, 0.4) is 0 Å². The summed E-state index contributed by atoms with van der Waals surface area (Å²) >= 11 is 0. The van der Waals surface area contributed by atoms with Gasteiger partial charge in [0.1, 0.15) is 5.75 Å². The first-order valence-corrected chi connectivity index (χ1v) is 6.37. The Kier molecular flexibility index (Phi) is 3.43. The molecule has 0 aliphatic rings. The number of ether oxygens (including phenoxy) is 1. The first-order valence-electron chi connectivity index (χ1n) is 6.37. The third-order valence-corrected chi connectivity index (χ3v) is 3.13. The van der Waals surface area contributed by atoms with E-state index in [0.717, 1.165) is 28.9 Å². The number of methoxy groups -OCH3 is 1. The van der Waals surface area contributed by atoms with Crippen molar-refractivity contribution in [2.45, 2.75) is 6.54 Å². The molecule has 2 N–H and O–H groups in total. The predicted molar refractivity (Wildman–Crippen MR) is 76.3 cm³/mol. The van der Waals surface area contributed by atoms with Gasteiger partial charge in [-0.3, -0.25) is 0 Å². The number of hydrogen-bond acceptors (Lipinski definition) is 3. The normalized spacial score (nSPS) is 10.8. The molecule has 0 bridgehead atoms. The standard InChI is InChI=1S/C15H13F2N3O/c1-21-10-3-5-13-14(7-10)20-15(19-13)18-8-9-2-4-11(16)12(17)6-9/h2-7H,8H2,1H3,(H2,18,19,20). The number of benzene rings is 2. The number of aromatic nitrogens is 2. The number of hydrogen-bond donors (Lipinski definition) is 2. The van der Waals surface area contributed by atoms with Gasteiger partial charge in [0.15, 0.2) is 11.6 Å². The zero-order valence-electron chi connectivity index (χ0n) is 11.3. The van der Waals surface area contributed by atoms with Gasteiger partial charge in [0.25, 0.3) is 0 Å². The highest BCUT2D eigenvalue weighted by Crippen LogP contribution is 2.20. The van der Waals surface area contributed by atoms with Gasteiger partial charge in [-0.2, -0.15) is 0 Å². The molecule has 0 saturated heterocycles. The molecule has 0 aliphatic heterocycles. The van der Waals surface area contributed by atoms with E-state index in [9.17, 15) is 8.78 Å². The van der Waals surface area contributed by atoms with Crippen LogP contribution in [0, 0.1) is 11.6 Å². The van der Waals surface area contributed by atoms with E-state index in [2.05, 4.69) is 15.3 Å². The van der Waals surface area contributed by atoms with Gasteiger partial charge in [-0.1, -0.05) is 6.07 Å². The van der Waals surface area contributed by atoms with Gasteiger partial charge in [-0.05, 0) is 29.8 Å². The number of halogens is 2. The number of aromatic amines is 1. The van der Waals surface area contributed by atoms with E-state index in [1.165, 1.54) is 6.07 Å². The van der Waals surface area contributed by atoms with Gasteiger partial charge in [-0.25, -0.2) is 13.8 Å². The maximum absolute atomic E-state index is 13.1. The maximum Gasteiger partial charge on any atom is 0.201 e. The minimum absolute atomic E-state index is 0.341. The van der Waals surface area contributed by atoms with E-state index in [4.69, 9.17) is 4.74 Å². The molecule has 21 heavy (non-hydrogen) atoms. The Morgan fingerprint density at radius 2 is 2.00 bits per heavy atom. The van der Waals surface area contributed by atoms with Crippen molar-refractivity contribution in [3.8, 4) is 5.75 Å². The van der Waals surface area contributed by atoms with Crippen LogP contribution in [0.25, 0.3) is 11.0 Å². The molecule has 0 spiro atoms. The van der Waals surface area contributed by atoms with E-state index in [-0.39, 0.29) is 0 Å². The Bertz CT molecular complexity index is 786. The molecule has 6 heteroatoms. The van der Waals surface area contributed by atoms with Crippen molar-refractivity contribution in [1.29, 1.82) is 0 Å². The lowest BCUT2D eigenvalue weighted by Gasteiger charge is -2.03. The van der Waals surface area contributed by atoms with Crippen LogP contribution in [0.5, 0.6) is 5.75 Å². The van der Waals surface area contributed by atoms with Crippen molar-refractivity contribution in [1.82, 2.24) is 9.97 Å². The monoisotopic (exact) mass is 289 g/mol. The quantitative estimate of drug-likeness (QED) is 0.773. The highest BCUT2D eigenvalue weighted by atomic mass is 19.2. The average Bonchev–Trinajstić information content (AvgIpc) is 2.90. The summed E-state index contributed by atoms with van der Waals surface area (Å²) in [6.07, 6.45) is 0. The van der Waals surface area contributed by atoms with E-state index >= 15 is 0 Å². The van der Waals surface area contributed by atoms with Crippen LogP contribution in [0.4, 0.5) is 14.7 Å². The lowest BCUT2D eigenvalue weighted by Crippen LogP contribution is -2.01. The topological polar surface area (TPSA) is 49.9 Å². The lowest BCUT2D eigenvalue weighted by atomic mass is 10.2. The zero-order valence-corrected chi connectivity index (χ0v) is 11.3. The molecule has 0 atom stereocenters. The maximum atomic E-state index is 13.1. The Hall–Kier alpha value is -2.63. The van der Waals surface area contributed by atoms with Crippen molar-refractivity contribution < 1.29 is 13.5 Å². The third-order valence-electron chi connectivity index (χ3n) is 3.13. The smallest absolute Gasteiger partial charge is 0.201 e. The minimum atomic E-state index is -0.858. The Labute approximate surface area is 119 Å². The number of H-pyrrole nitrogens is 1. The summed E-state index contributed by atoms with van der Waals surface area (Å²) < 4.78 is 31.1. The summed E-state index contributed by atoms with van der Waals surface area (Å²) in [6, 6.07) is 9.29. The summed E-state index contributed by atoms with van der Waals surface area (Å²) in [7, 11) is 1.60. The molecule has 3 aromatic rings. The number of imidazole rings is 1. The summed E-state index contributed by atoms with van der Waals surface area (Å²) in [5, 5.41) is 3.04. The second-order valence-electron chi connectivity index (χ2n) is 4.57. The summed E-state index contributed by atoms with van der Waals surface area (Å²) in [5.74, 6) is -0.417. The van der Waals surface area contributed by atoms with Crippen molar-refractivity contribution in [3.05, 3.63) is 53.6 Å². The Morgan fingerprint density at radius 3 is 2.76 bits per heavy atom. The van der Waals surface area contributed by atoms with Crippen LogP contribution in [0.1, 0.15) is 5.56 Å². The predicted octanol–water partition coefficient (Wildman–Crippen LogP) is 3.46. The molecule has 0 fully saturated rings. The fraction of sp³-hybridized carbons (Fsp3) is 0.133. The Balaban J connectivity index is 1.76. The number of nitrogens with zero attached hydrogens (tertiary/aromatic N) is 1. The molecule has 108 valence electrons. The number of anilines is 1. The molecular weight excluding hydrogens is 276 g/mol.